The fourth-order valence-corrected chi connectivity index (χ4v) is 1.23. The van der Waals surface area contributed by atoms with Crippen LogP contribution in [0.5, 0.6) is 5.88 Å². The van der Waals surface area contributed by atoms with E-state index in [-0.39, 0.29) is 24.0 Å². The number of aromatic nitrogens is 2. The molecule has 0 spiro atoms. The molecule has 8 nitrogen and oxygen atoms in total. The highest BCUT2D eigenvalue weighted by Crippen LogP contribution is 2.30. The summed E-state index contributed by atoms with van der Waals surface area (Å²) in [4.78, 5) is 18.1. The summed E-state index contributed by atoms with van der Waals surface area (Å²) in [6, 6.07) is 0. The van der Waals surface area contributed by atoms with Crippen LogP contribution in [-0.2, 0) is 4.74 Å². The van der Waals surface area contributed by atoms with E-state index in [4.69, 9.17) is 9.47 Å². The Balaban J connectivity index is 2.90. The lowest BCUT2D eigenvalue weighted by molar-refractivity contribution is -0.385. The largest absolute Gasteiger partial charge is 0.470 e. The zero-order chi connectivity index (χ0) is 13.4. The topological polar surface area (TPSA) is 99.4 Å². The van der Waals surface area contributed by atoms with Crippen molar-refractivity contribution in [3.63, 3.8) is 0 Å². The Hall–Kier alpha value is -1.96. The number of ether oxygens (including phenoxy) is 2. The fourth-order valence-electron chi connectivity index (χ4n) is 1.23. The van der Waals surface area contributed by atoms with Crippen molar-refractivity contribution in [1.82, 2.24) is 9.97 Å². The number of nitrogens with one attached hydrogen (secondary N) is 1. The molecule has 8 heteroatoms. The number of nitrogens with zero attached hydrogens (tertiary/aromatic N) is 3. The molecule has 0 aliphatic carbocycles. The van der Waals surface area contributed by atoms with Gasteiger partial charge in [-0.3, -0.25) is 10.1 Å². The van der Waals surface area contributed by atoms with Crippen LogP contribution in [0.4, 0.5) is 11.5 Å². The lowest BCUT2D eigenvalue weighted by Crippen LogP contribution is -2.11. The Kier molecular flexibility index (Phi) is 5.78. The van der Waals surface area contributed by atoms with Gasteiger partial charge < -0.3 is 14.8 Å². The standard InChI is InChI=1S/C10H16N4O4/c1-3-4-11-9-8(14(15)16)10(13-7-12-9)18-6-5-17-2/h7H,3-6H2,1-2H3,(H,11,12,13). The van der Waals surface area contributed by atoms with E-state index < -0.39 is 4.92 Å². The maximum Gasteiger partial charge on any atom is 0.372 e. The highest BCUT2D eigenvalue weighted by atomic mass is 16.6. The van der Waals surface area contributed by atoms with Crippen LogP contribution in [0.2, 0.25) is 0 Å². The third-order valence-electron chi connectivity index (χ3n) is 2.04. The van der Waals surface area contributed by atoms with Gasteiger partial charge in [0.1, 0.15) is 12.9 Å². The smallest absolute Gasteiger partial charge is 0.372 e. The molecule has 0 fully saturated rings. The molecule has 1 heterocycles. The van der Waals surface area contributed by atoms with Crippen LogP contribution >= 0.6 is 0 Å². The van der Waals surface area contributed by atoms with Gasteiger partial charge in [-0.25, -0.2) is 4.98 Å². The van der Waals surface area contributed by atoms with Crippen molar-refractivity contribution in [2.45, 2.75) is 13.3 Å². The van der Waals surface area contributed by atoms with Crippen molar-refractivity contribution in [1.29, 1.82) is 0 Å². The van der Waals surface area contributed by atoms with E-state index in [9.17, 15) is 10.1 Å². The van der Waals surface area contributed by atoms with Gasteiger partial charge >= 0.3 is 5.69 Å². The zero-order valence-corrected chi connectivity index (χ0v) is 10.4. The maximum atomic E-state index is 11.0. The van der Waals surface area contributed by atoms with Crippen molar-refractivity contribution in [3.8, 4) is 5.88 Å². The van der Waals surface area contributed by atoms with E-state index in [1.165, 1.54) is 13.4 Å². The van der Waals surface area contributed by atoms with Crippen molar-refractivity contribution in [2.24, 2.45) is 0 Å². The van der Waals surface area contributed by atoms with Crippen molar-refractivity contribution in [2.75, 3.05) is 32.2 Å². The van der Waals surface area contributed by atoms with Crippen LogP contribution < -0.4 is 10.1 Å². The van der Waals surface area contributed by atoms with Gasteiger partial charge in [-0.2, -0.15) is 4.98 Å². The van der Waals surface area contributed by atoms with Crippen LogP contribution in [0, 0.1) is 10.1 Å². The van der Waals surface area contributed by atoms with Gasteiger partial charge in [0.2, 0.25) is 5.82 Å². The second-order valence-electron chi connectivity index (χ2n) is 3.40. The van der Waals surface area contributed by atoms with Gasteiger partial charge in [0, 0.05) is 13.7 Å². The minimum atomic E-state index is -0.555. The molecule has 1 aromatic heterocycles. The Morgan fingerprint density at radius 2 is 2.22 bits per heavy atom. The first-order chi connectivity index (χ1) is 8.70. The highest BCUT2D eigenvalue weighted by molar-refractivity contribution is 5.60. The van der Waals surface area contributed by atoms with Crippen molar-refractivity contribution < 1.29 is 14.4 Å². The second kappa shape index (κ2) is 7.38. The summed E-state index contributed by atoms with van der Waals surface area (Å²) in [5, 5.41) is 13.9. The summed E-state index contributed by atoms with van der Waals surface area (Å²) in [5.41, 5.74) is -0.248. The molecule has 0 amide bonds. The Morgan fingerprint density at radius 1 is 1.44 bits per heavy atom. The van der Waals surface area contributed by atoms with Crippen molar-refractivity contribution in [3.05, 3.63) is 16.4 Å². The average molecular weight is 256 g/mol. The average Bonchev–Trinajstić information content (AvgIpc) is 2.36. The van der Waals surface area contributed by atoms with Gasteiger partial charge in [0.15, 0.2) is 0 Å². The van der Waals surface area contributed by atoms with Crippen LogP contribution in [-0.4, -0.2) is 41.8 Å². The first-order valence-electron chi connectivity index (χ1n) is 5.55. The highest BCUT2D eigenvalue weighted by Gasteiger charge is 2.23. The molecule has 0 aromatic carbocycles. The number of hydrogen-bond donors (Lipinski definition) is 1. The van der Waals surface area contributed by atoms with Gasteiger partial charge in [0.05, 0.1) is 11.5 Å². The van der Waals surface area contributed by atoms with Crippen LogP contribution in [0.1, 0.15) is 13.3 Å². The number of nitro groups is 1. The second-order valence-corrected chi connectivity index (χ2v) is 3.40. The molecule has 100 valence electrons. The molecule has 18 heavy (non-hydrogen) atoms. The molecular formula is C10H16N4O4. The van der Waals surface area contributed by atoms with Gasteiger partial charge in [-0.1, -0.05) is 6.92 Å². The zero-order valence-electron chi connectivity index (χ0n) is 10.4. The Morgan fingerprint density at radius 3 is 2.83 bits per heavy atom. The molecule has 0 aliphatic rings. The molecule has 0 aliphatic heterocycles. The number of rotatable bonds is 8. The van der Waals surface area contributed by atoms with Crippen LogP contribution in [0.25, 0.3) is 0 Å². The van der Waals surface area contributed by atoms with E-state index in [0.29, 0.717) is 13.2 Å². The van der Waals surface area contributed by atoms with E-state index >= 15 is 0 Å². The maximum absolute atomic E-state index is 11.0. The molecular weight excluding hydrogens is 240 g/mol. The van der Waals surface area contributed by atoms with Crippen LogP contribution in [0.15, 0.2) is 6.33 Å². The monoisotopic (exact) mass is 256 g/mol. The molecule has 1 N–H and O–H groups in total. The summed E-state index contributed by atoms with van der Waals surface area (Å²) in [5.74, 6) is 0.120. The summed E-state index contributed by atoms with van der Waals surface area (Å²) in [7, 11) is 1.52. The predicted molar refractivity (Wildman–Crippen MR) is 64.8 cm³/mol. The minimum absolute atomic E-state index is 0.0503. The van der Waals surface area contributed by atoms with E-state index in [1.54, 1.807) is 0 Å². The van der Waals surface area contributed by atoms with Crippen LogP contribution in [0.3, 0.4) is 0 Å². The first kappa shape index (κ1) is 14.1. The van der Waals surface area contributed by atoms with E-state index in [0.717, 1.165) is 6.42 Å². The third kappa shape index (κ3) is 3.81. The molecule has 0 radical (unpaired) electrons. The SMILES string of the molecule is CCCNc1ncnc(OCCOC)c1[N+](=O)[O-]. The molecule has 0 saturated carbocycles. The first-order valence-corrected chi connectivity index (χ1v) is 5.55. The minimum Gasteiger partial charge on any atom is -0.470 e. The summed E-state index contributed by atoms with van der Waals surface area (Å²) in [6.45, 7) is 3.08. The Bertz CT molecular complexity index is 399. The number of methoxy groups -OCH3 is 1. The lowest BCUT2D eigenvalue weighted by atomic mass is 10.4. The quantitative estimate of drug-likeness (QED) is 0.424. The molecule has 0 atom stereocenters. The van der Waals surface area contributed by atoms with E-state index in [2.05, 4.69) is 15.3 Å². The summed E-state index contributed by atoms with van der Waals surface area (Å²) >= 11 is 0. The molecule has 0 saturated heterocycles. The third-order valence-corrected chi connectivity index (χ3v) is 2.04. The number of hydrogen-bond acceptors (Lipinski definition) is 7. The summed E-state index contributed by atoms with van der Waals surface area (Å²) in [6.07, 6.45) is 2.06. The molecule has 1 aromatic rings. The van der Waals surface area contributed by atoms with E-state index in [1.807, 2.05) is 6.92 Å². The predicted octanol–water partition coefficient (Wildman–Crippen LogP) is 1.23. The molecule has 0 unspecified atom stereocenters. The number of anilines is 1. The normalized spacial score (nSPS) is 10.1. The lowest BCUT2D eigenvalue weighted by Gasteiger charge is -2.08. The molecule has 1 rings (SSSR count). The fraction of sp³-hybridized carbons (Fsp3) is 0.600. The van der Waals surface area contributed by atoms with Gasteiger partial charge in [0.25, 0.3) is 5.88 Å². The molecule has 0 bridgehead atoms. The summed E-state index contributed by atoms with van der Waals surface area (Å²) < 4.78 is 10.0. The Labute approximate surface area is 104 Å². The van der Waals surface area contributed by atoms with Gasteiger partial charge in [-0.05, 0) is 6.42 Å². The van der Waals surface area contributed by atoms with Crippen molar-refractivity contribution >= 4 is 11.5 Å². The van der Waals surface area contributed by atoms with Gasteiger partial charge in [-0.15, -0.1) is 0 Å².